The molecule has 0 aromatic heterocycles. The Morgan fingerprint density at radius 3 is 2.31 bits per heavy atom. The van der Waals surface area contributed by atoms with E-state index >= 15 is 0 Å². The predicted molar refractivity (Wildman–Crippen MR) is 104 cm³/mol. The molecule has 2 amide bonds. The van der Waals surface area contributed by atoms with Crippen LogP contribution in [0.1, 0.15) is 71.1 Å². The van der Waals surface area contributed by atoms with Crippen molar-refractivity contribution in [1.82, 2.24) is 14.5 Å². The normalized spacial score (nSPS) is 27.0. The molecule has 7 heteroatoms. The van der Waals surface area contributed by atoms with Crippen molar-refractivity contribution < 1.29 is 13.2 Å². The van der Waals surface area contributed by atoms with Crippen molar-refractivity contribution in [3.63, 3.8) is 0 Å². The second-order valence-corrected chi connectivity index (χ2v) is 10.5. The van der Waals surface area contributed by atoms with Crippen LogP contribution in [0.3, 0.4) is 0 Å². The number of carbonyl (C=O) groups is 1. The average molecular weight is 386 g/mol. The number of urea groups is 1. The van der Waals surface area contributed by atoms with Gasteiger partial charge in [-0.05, 0) is 44.9 Å². The summed E-state index contributed by atoms with van der Waals surface area (Å²) in [6.07, 6.45) is 11.6. The number of rotatable bonds is 5. The van der Waals surface area contributed by atoms with Crippen molar-refractivity contribution in [3.8, 4) is 0 Å². The monoisotopic (exact) mass is 385 g/mol. The SMILES string of the molecule is CCS(=O)(=O)N1CCC(NC(=O)N2CCCC2CC2CCCCC2)CC1. The van der Waals surface area contributed by atoms with Gasteiger partial charge in [0.2, 0.25) is 10.0 Å². The number of nitrogens with zero attached hydrogens (tertiary/aromatic N) is 2. The van der Waals surface area contributed by atoms with Gasteiger partial charge >= 0.3 is 6.03 Å². The highest BCUT2D eigenvalue weighted by atomic mass is 32.2. The lowest BCUT2D eigenvalue weighted by Gasteiger charge is -2.34. The minimum Gasteiger partial charge on any atom is -0.335 e. The van der Waals surface area contributed by atoms with Crippen molar-refractivity contribution >= 4 is 16.1 Å². The topological polar surface area (TPSA) is 69.7 Å². The Bertz CT molecular complexity index is 567. The highest BCUT2D eigenvalue weighted by Gasteiger charge is 2.33. The number of hydrogen-bond acceptors (Lipinski definition) is 3. The zero-order valence-corrected chi connectivity index (χ0v) is 17.0. The van der Waals surface area contributed by atoms with E-state index in [-0.39, 0.29) is 17.8 Å². The molecule has 1 atom stereocenters. The molecule has 3 fully saturated rings. The first-order chi connectivity index (χ1) is 12.5. The van der Waals surface area contributed by atoms with Gasteiger partial charge in [0.15, 0.2) is 0 Å². The fraction of sp³-hybridized carbons (Fsp3) is 0.947. The molecular formula is C19H35N3O3S. The lowest BCUT2D eigenvalue weighted by atomic mass is 9.84. The smallest absolute Gasteiger partial charge is 0.317 e. The van der Waals surface area contributed by atoms with Crippen LogP contribution in [0.25, 0.3) is 0 Å². The number of carbonyl (C=O) groups excluding carboxylic acids is 1. The molecule has 2 aliphatic heterocycles. The quantitative estimate of drug-likeness (QED) is 0.791. The number of likely N-dealkylation sites (tertiary alicyclic amines) is 1. The molecule has 0 radical (unpaired) electrons. The highest BCUT2D eigenvalue weighted by Crippen LogP contribution is 2.32. The van der Waals surface area contributed by atoms with Crippen molar-refractivity contribution in [2.75, 3.05) is 25.4 Å². The largest absolute Gasteiger partial charge is 0.335 e. The van der Waals surface area contributed by atoms with Gasteiger partial charge in [-0.1, -0.05) is 32.1 Å². The summed E-state index contributed by atoms with van der Waals surface area (Å²) in [6, 6.07) is 0.570. The van der Waals surface area contributed by atoms with E-state index in [1.54, 1.807) is 11.2 Å². The zero-order chi connectivity index (χ0) is 18.6. The van der Waals surface area contributed by atoms with Gasteiger partial charge in [-0.25, -0.2) is 17.5 Å². The molecule has 1 N–H and O–H groups in total. The lowest BCUT2D eigenvalue weighted by Crippen LogP contribution is -2.51. The van der Waals surface area contributed by atoms with E-state index in [4.69, 9.17) is 0 Å². The maximum atomic E-state index is 12.8. The van der Waals surface area contributed by atoms with Crippen LogP contribution in [-0.4, -0.2) is 61.1 Å². The number of amides is 2. The third-order valence-corrected chi connectivity index (χ3v) is 8.39. The zero-order valence-electron chi connectivity index (χ0n) is 16.2. The molecule has 2 saturated heterocycles. The minimum absolute atomic E-state index is 0.0695. The molecule has 150 valence electrons. The first kappa shape index (κ1) is 19.9. The predicted octanol–water partition coefficient (Wildman–Crippen LogP) is 2.94. The molecule has 6 nitrogen and oxygen atoms in total. The van der Waals surface area contributed by atoms with Crippen molar-refractivity contribution in [2.24, 2.45) is 5.92 Å². The van der Waals surface area contributed by atoms with E-state index < -0.39 is 10.0 Å². The summed E-state index contributed by atoms with van der Waals surface area (Å²) < 4.78 is 25.5. The van der Waals surface area contributed by atoms with Crippen LogP contribution in [0.2, 0.25) is 0 Å². The van der Waals surface area contributed by atoms with Crippen molar-refractivity contribution in [1.29, 1.82) is 0 Å². The third-order valence-electron chi connectivity index (χ3n) is 6.51. The Morgan fingerprint density at radius 2 is 1.65 bits per heavy atom. The highest BCUT2D eigenvalue weighted by molar-refractivity contribution is 7.89. The molecule has 26 heavy (non-hydrogen) atoms. The van der Waals surface area contributed by atoms with Gasteiger partial charge in [0.1, 0.15) is 0 Å². The van der Waals surface area contributed by atoms with Gasteiger partial charge < -0.3 is 10.2 Å². The van der Waals surface area contributed by atoms with E-state index in [2.05, 4.69) is 10.2 Å². The van der Waals surface area contributed by atoms with Gasteiger partial charge in [-0.2, -0.15) is 0 Å². The molecule has 2 heterocycles. The van der Waals surface area contributed by atoms with Gasteiger partial charge in [-0.3, -0.25) is 0 Å². The van der Waals surface area contributed by atoms with Crippen LogP contribution in [-0.2, 0) is 10.0 Å². The van der Waals surface area contributed by atoms with Gasteiger partial charge in [0.05, 0.1) is 5.75 Å². The van der Waals surface area contributed by atoms with Crippen molar-refractivity contribution in [2.45, 2.75) is 83.2 Å². The summed E-state index contributed by atoms with van der Waals surface area (Å²) in [5.74, 6) is 0.949. The van der Waals surface area contributed by atoms with Crippen LogP contribution in [0.4, 0.5) is 4.79 Å². The van der Waals surface area contributed by atoms with Crippen LogP contribution in [0.15, 0.2) is 0 Å². The molecular weight excluding hydrogens is 350 g/mol. The Morgan fingerprint density at radius 1 is 0.962 bits per heavy atom. The van der Waals surface area contributed by atoms with E-state index in [1.807, 2.05) is 0 Å². The van der Waals surface area contributed by atoms with Gasteiger partial charge in [0, 0.05) is 31.7 Å². The summed E-state index contributed by atoms with van der Waals surface area (Å²) in [5, 5.41) is 3.18. The van der Waals surface area contributed by atoms with E-state index in [0.717, 1.165) is 25.3 Å². The molecule has 0 spiro atoms. The standard InChI is InChI=1S/C19H35N3O3S/c1-2-26(24,25)21-13-10-17(11-14-21)20-19(23)22-12-6-9-18(22)15-16-7-4-3-5-8-16/h16-18H,2-15H2,1H3,(H,20,23). The second kappa shape index (κ2) is 8.91. The van der Waals surface area contributed by atoms with E-state index in [9.17, 15) is 13.2 Å². The third kappa shape index (κ3) is 4.91. The summed E-state index contributed by atoms with van der Waals surface area (Å²) >= 11 is 0. The molecule has 3 rings (SSSR count). The first-order valence-corrected chi connectivity index (χ1v) is 12.2. The molecule has 3 aliphatic rings. The molecule has 1 saturated carbocycles. The summed E-state index contributed by atoms with van der Waals surface area (Å²) in [5.41, 5.74) is 0. The maximum Gasteiger partial charge on any atom is 0.317 e. The molecule has 0 bridgehead atoms. The molecule has 0 aromatic carbocycles. The molecule has 0 aromatic rings. The van der Waals surface area contributed by atoms with E-state index in [0.29, 0.717) is 32.0 Å². The Kier molecular flexibility index (Phi) is 6.83. The summed E-state index contributed by atoms with van der Waals surface area (Å²) in [7, 11) is -3.10. The molecule has 1 unspecified atom stereocenters. The van der Waals surface area contributed by atoms with Gasteiger partial charge in [0.25, 0.3) is 0 Å². The van der Waals surface area contributed by atoms with E-state index in [1.165, 1.54) is 38.5 Å². The van der Waals surface area contributed by atoms with Crippen molar-refractivity contribution in [3.05, 3.63) is 0 Å². The Labute approximate surface area is 158 Å². The fourth-order valence-electron chi connectivity index (χ4n) is 4.87. The maximum absolute atomic E-state index is 12.8. The number of hydrogen-bond donors (Lipinski definition) is 1. The van der Waals surface area contributed by atoms with Crippen LogP contribution in [0, 0.1) is 5.92 Å². The number of piperidine rings is 1. The molecule has 1 aliphatic carbocycles. The number of sulfonamides is 1. The first-order valence-electron chi connectivity index (χ1n) is 10.5. The Balaban J connectivity index is 1.47. The minimum atomic E-state index is -3.10. The summed E-state index contributed by atoms with van der Waals surface area (Å²) in [6.45, 7) is 3.59. The van der Waals surface area contributed by atoms with Crippen LogP contribution in [0.5, 0.6) is 0 Å². The summed E-state index contributed by atoms with van der Waals surface area (Å²) in [4.78, 5) is 14.8. The lowest BCUT2D eigenvalue weighted by molar-refractivity contribution is 0.169. The second-order valence-electron chi connectivity index (χ2n) is 8.25. The van der Waals surface area contributed by atoms with Gasteiger partial charge in [-0.15, -0.1) is 0 Å². The van der Waals surface area contributed by atoms with Crippen LogP contribution >= 0.6 is 0 Å². The number of nitrogens with one attached hydrogen (secondary N) is 1. The Hall–Kier alpha value is -0.820. The average Bonchev–Trinajstić information content (AvgIpc) is 3.11. The van der Waals surface area contributed by atoms with Crippen LogP contribution < -0.4 is 5.32 Å². The fourth-order valence-corrected chi connectivity index (χ4v) is 6.01.